The molecule has 0 spiro atoms. The minimum atomic E-state index is -2.10. The van der Waals surface area contributed by atoms with E-state index >= 15 is 0 Å². The number of pyridine rings is 1. The van der Waals surface area contributed by atoms with Crippen LogP contribution < -0.4 is 10.1 Å². The van der Waals surface area contributed by atoms with Crippen LogP contribution in [0, 0.1) is 6.92 Å². The maximum atomic E-state index is 11.1. The number of aryl methyl sites for hydroxylation is 2. The molecule has 2 aromatic carbocycles. The van der Waals surface area contributed by atoms with Crippen LogP contribution in [0.4, 0.5) is 11.5 Å². The number of hydrogen-bond donors (Lipinski definition) is 2. The number of rotatable bonds is 7. The molecule has 5 aromatic rings. The Balaban J connectivity index is 1.38. The molecular weight excluding hydrogens is 478 g/mol. The third-order valence-electron chi connectivity index (χ3n) is 5.57. The number of aromatic nitrogens is 5. The van der Waals surface area contributed by atoms with Gasteiger partial charge >= 0.3 is 0 Å². The Morgan fingerprint density at radius 3 is 2.75 bits per heavy atom. The van der Waals surface area contributed by atoms with Gasteiger partial charge in [0, 0.05) is 32.0 Å². The SMILES string of the molecule is Cc1cc(Nc2ncnc3ccc(C=CN(C)S(=O)O)nc23)ccc1Oc1ccc2c(c1)ncn2C. The van der Waals surface area contributed by atoms with Gasteiger partial charge in [-0.3, -0.25) is 8.86 Å². The van der Waals surface area contributed by atoms with E-state index in [4.69, 9.17) is 9.29 Å². The van der Waals surface area contributed by atoms with Crippen molar-refractivity contribution in [2.24, 2.45) is 7.05 Å². The number of nitrogens with one attached hydrogen (secondary N) is 1. The molecule has 0 aliphatic heterocycles. The highest BCUT2D eigenvalue weighted by Crippen LogP contribution is 2.30. The summed E-state index contributed by atoms with van der Waals surface area (Å²) in [6, 6.07) is 15.2. The predicted octanol–water partition coefficient (Wildman–Crippen LogP) is 4.80. The number of anilines is 2. The van der Waals surface area contributed by atoms with Gasteiger partial charge in [-0.15, -0.1) is 0 Å². The van der Waals surface area contributed by atoms with E-state index in [0.29, 0.717) is 28.3 Å². The number of nitrogens with zero attached hydrogens (tertiary/aromatic N) is 6. The van der Waals surface area contributed by atoms with Crippen molar-refractivity contribution in [2.75, 3.05) is 12.4 Å². The van der Waals surface area contributed by atoms with Gasteiger partial charge in [0.05, 0.1) is 28.6 Å². The highest BCUT2D eigenvalue weighted by Gasteiger charge is 2.10. The van der Waals surface area contributed by atoms with Gasteiger partial charge in [-0.05, 0) is 61.0 Å². The Labute approximate surface area is 209 Å². The van der Waals surface area contributed by atoms with Gasteiger partial charge in [-0.2, -0.15) is 0 Å². The molecule has 0 bridgehead atoms. The second kappa shape index (κ2) is 9.72. The Kier molecular flexibility index (Phi) is 6.32. The van der Waals surface area contributed by atoms with E-state index in [0.717, 1.165) is 32.3 Å². The van der Waals surface area contributed by atoms with Crippen LogP contribution in [0.15, 0.2) is 67.4 Å². The van der Waals surface area contributed by atoms with Gasteiger partial charge in [-0.25, -0.2) is 24.1 Å². The summed E-state index contributed by atoms with van der Waals surface area (Å²) < 4.78 is 29.5. The van der Waals surface area contributed by atoms with E-state index in [1.165, 1.54) is 19.6 Å². The fraction of sp³-hybridized carbons (Fsp3) is 0.120. The summed E-state index contributed by atoms with van der Waals surface area (Å²) in [5.41, 5.74) is 5.52. The summed E-state index contributed by atoms with van der Waals surface area (Å²) in [7, 11) is 3.45. The van der Waals surface area contributed by atoms with E-state index in [1.807, 2.05) is 61.0 Å². The second-order valence-electron chi connectivity index (χ2n) is 8.13. The van der Waals surface area contributed by atoms with Gasteiger partial charge in [0.25, 0.3) is 11.3 Å². The van der Waals surface area contributed by atoms with Crippen LogP contribution in [-0.2, 0) is 18.3 Å². The largest absolute Gasteiger partial charge is 0.457 e. The molecule has 0 aliphatic carbocycles. The number of imidazole rings is 1. The fourth-order valence-electron chi connectivity index (χ4n) is 3.66. The quantitative estimate of drug-likeness (QED) is 0.306. The summed E-state index contributed by atoms with van der Waals surface area (Å²) in [5.74, 6) is 1.99. The molecule has 0 saturated heterocycles. The van der Waals surface area contributed by atoms with Crippen molar-refractivity contribution in [2.45, 2.75) is 6.92 Å². The molecule has 2 N–H and O–H groups in total. The van der Waals surface area contributed by atoms with E-state index in [1.54, 1.807) is 18.5 Å². The molecule has 182 valence electrons. The molecule has 11 heteroatoms. The Morgan fingerprint density at radius 1 is 1.08 bits per heavy atom. The molecule has 3 heterocycles. The van der Waals surface area contributed by atoms with E-state index < -0.39 is 11.3 Å². The Bertz CT molecular complexity index is 1630. The van der Waals surface area contributed by atoms with Gasteiger partial charge in [0.15, 0.2) is 5.82 Å². The van der Waals surface area contributed by atoms with Crippen molar-refractivity contribution in [1.82, 2.24) is 28.8 Å². The van der Waals surface area contributed by atoms with E-state index in [-0.39, 0.29) is 0 Å². The van der Waals surface area contributed by atoms with Gasteiger partial charge in [-0.1, -0.05) is 0 Å². The number of ether oxygens (including phenoxy) is 1. The second-order valence-corrected chi connectivity index (χ2v) is 9.17. The predicted molar refractivity (Wildman–Crippen MR) is 140 cm³/mol. The van der Waals surface area contributed by atoms with Crippen LogP contribution in [0.5, 0.6) is 11.5 Å². The maximum Gasteiger partial charge on any atom is 0.261 e. The first-order chi connectivity index (χ1) is 17.4. The normalized spacial score (nSPS) is 12.3. The zero-order valence-corrected chi connectivity index (χ0v) is 20.6. The van der Waals surface area contributed by atoms with Crippen LogP contribution in [-0.4, -0.2) is 44.6 Å². The van der Waals surface area contributed by atoms with E-state index in [2.05, 4.69) is 25.3 Å². The summed E-state index contributed by atoms with van der Waals surface area (Å²) in [6.45, 7) is 1.97. The zero-order valence-electron chi connectivity index (χ0n) is 19.8. The molecule has 0 saturated carbocycles. The lowest BCUT2D eigenvalue weighted by atomic mass is 10.2. The standard InChI is InChI=1S/C25H23N7O3S/c1-16-12-18(5-9-23(16)35-19-6-8-22-21(13-19)28-15-31(22)2)30-25-24-20(26-14-27-25)7-4-17(29-24)10-11-32(3)36(33)34/h4-15H,1-3H3,(H,33,34)(H,26,27,30). The monoisotopic (exact) mass is 501 g/mol. The summed E-state index contributed by atoms with van der Waals surface area (Å²) in [6.07, 6.45) is 6.38. The lowest BCUT2D eigenvalue weighted by Crippen LogP contribution is -2.12. The smallest absolute Gasteiger partial charge is 0.261 e. The fourth-order valence-corrected chi connectivity index (χ4v) is 3.82. The molecule has 5 rings (SSSR count). The molecule has 3 aromatic heterocycles. The number of fused-ring (bicyclic) bond motifs is 2. The van der Waals surface area contributed by atoms with Crippen molar-refractivity contribution in [3.63, 3.8) is 0 Å². The van der Waals surface area contributed by atoms with Crippen molar-refractivity contribution >= 4 is 50.9 Å². The van der Waals surface area contributed by atoms with Crippen molar-refractivity contribution < 1.29 is 13.5 Å². The lowest BCUT2D eigenvalue weighted by Gasteiger charge is -2.12. The maximum absolute atomic E-state index is 11.1. The first kappa shape index (κ1) is 23.4. The summed E-state index contributed by atoms with van der Waals surface area (Å²) >= 11 is -2.10. The van der Waals surface area contributed by atoms with Gasteiger partial charge < -0.3 is 14.6 Å². The molecule has 0 aliphatic rings. The number of benzene rings is 2. The minimum absolute atomic E-state index is 0.544. The van der Waals surface area contributed by atoms with E-state index in [9.17, 15) is 4.21 Å². The molecule has 1 unspecified atom stereocenters. The van der Waals surface area contributed by atoms with Crippen LogP contribution >= 0.6 is 0 Å². The molecule has 36 heavy (non-hydrogen) atoms. The number of hydrogen-bond acceptors (Lipinski definition) is 7. The summed E-state index contributed by atoms with van der Waals surface area (Å²) in [4.78, 5) is 17.7. The first-order valence-electron chi connectivity index (χ1n) is 11.0. The molecular formula is C25H23N7O3S. The molecule has 0 radical (unpaired) electrons. The lowest BCUT2D eigenvalue weighted by molar-refractivity contribution is 0.479. The Hall–Kier alpha value is -4.35. The minimum Gasteiger partial charge on any atom is -0.457 e. The summed E-state index contributed by atoms with van der Waals surface area (Å²) in [5, 5.41) is 3.31. The van der Waals surface area contributed by atoms with Crippen LogP contribution in [0.3, 0.4) is 0 Å². The first-order valence-corrected chi connectivity index (χ1v) is 12.0. The van der Waals surface area contributed by atoms with Crippen molar-refractivity contribution in [1.29, 1.82) is 0 Å². The average Bonchev–Trinajstić information content (AvgIpc) is 3.24. The molecule has 0 fully saturated rings. The molecule has 0 amide bonds. The van der Waals surface area contributed by atoms with Crippen LogP contribution in [0.2, 0.25) is 0 Å². The van der Waals surface area contributed by atoms with Gasteiger partial charge in [0.1, 0.15) is 23.3 Å². The Morgan fingerprint density at radius 2 is 1.94 bits per heavy atom. The topological polar surface area (TPSA) is 118 Å². The molecule has 10 nitrogen and oxygen atoms in total. The zero-order chi connectivity index (χ0) is 25.2. The van der Waals surface area contributed by atoms with Crippen molar-refractivity contribution in [3.8, 4) is 11.5 Å². The third kappa shape index (κ3) is 4.88. The molecule has 1 atom stereocenters. The highest BCUT2D eigenvalue weighted by atomic mass is 32.2. The highest BCUT2D eigenvalue weighted by molar-refractivity contribution is 7.76. The van der Waals surface area contributed by atoms with Crippen LogP contribution in [0.25, 0.3) is 28.1 Å². The average molecular weight is 502 g/mol. The van der Waals surface area contributed by atoms with Gasteiger partial charge in [0.2, 0.25) is 0 Å². The van der Waals surface area contributed by atoms with Crippen LogP contribution in [0.1, 0.15) is 11.3 Å². The van der Waals surface area contributed by atoms with Crippen molar-refractivity contribution in [3.05, 3.63) is 78.6 Å². The third-order valence-corrected chi connectivity index (χ3v) is 6.18.